The summed E-state index contributed by atoms with van der Waals surface area (Å²) in [7, 11) is 1.67. The highest BCUT2D eigenvalue weighted by Crippen LogP contribution is 2.21. The zero-order chi connectivity index (χ0) is 30.2. The van der Waals surface area contributed by atoms with Crippen LogP contribution in [-0.2, 0) is 13.5 Å². The number of carbonyl (C=O) groups excluding carboxylic acids is 1. The number of rotatable bonds is 6. The normalized spacial score (nSPS) is 10.3. The molecule has 0 atom stereocenters. The van der Waals surface area contributed by atoms with Crippen LogP contribution in [0.3, 0.4) is 0 Å². The number of hydrogen-bond acceptors (Lipinski definition) is 6. The summed E-state index contributed by atoms with van der Waals surface area (Å²) in [5.41, 5.74) is 15.2. The lowest BCUT2D eigenvalue weighted by Crippen LogP contribution is -2.22. The smallest absolute Gasteiger partial charge is 0.264 e. The molecule has 0 saturated heterocycles. The third kappa shape index (κ3) is 6.40. The van der Waals surface area contributed by atoms with E-state index in [1.807, 2.05) is 67.6 Å². The quantitative estimate of drug-likeness (QED) is 0.209. The van der Waals surface area contributed by atoms with E-state index in [-0.39, 0.29) is 16.9 Å². The number of pyridine rings is 2. The number of anilines is 2. The highest BCUT2D eigenvalue weighted by molar-refractivity contribution is 6.02. The summed E-state index contributed by atoms with van der Waals surface area (Å²) in [4.78, 5) is 28.8. The number of aryl methyl sites for hydroxylation is 3. The van der Waals surface area contributed by atoms with E-state index in [4.69, 9.17) is 11.5 Å². The molecule has 0 spiro atoms. The zero-order valence-corrected chi connectivity index (χ0v) is 23.9. The molecule has 2 aromatic carbocycles. The Morgan fingerprint density at radius 3 is 2.50 bits per heavy atom. The molecule has 212 valence electrons. The summed E-state index contributed by atoms with van der Waals surface area (Å²) in [6.07, 6.45) is 4.18. The van der Waals surface area contributed by atoms with Gasteiger partial charge in [-0.15, -0.1) is 6.58 Å². The largest absolute Gasteiger partial charge is 0.381 e. The molecule has 0 unspecified atom stereocenters. The van der Waals surface area contributed by atoms with Crippen molar-refractivity contribution in [1.82, 2.24) is 19.3 Å². The van der Waals surface area contributed by atoms with Crippen molar-refractivity contribution < 1.29 is 4.79 Å². The zero-order valence-electron chi connectivity index (χ0n) is 23.9. The molecule has 0 radical (unpaired) electrons. The molecule has 0 bridgehead atoms. The standard InChI is InChI=1S/C25H20N2O.C8H13N5O/c1-3-22-16-21-9-7-8-20(15-14-19-13-12-18(2)26-17-19)24(21)25(28)27(22)23-10-5-4-6-11-23;1-3-4-11-8-5(7(10)14)6(9)12-13(8)2/h4-13,16-17H,3H2,1-2H3;3,11H,1,4H2,2H3,(H2,9,12)(H2,10,14). The minimum absolute atomic E-state index is 0.0347. The third-order valence-electron chi connectivity index (χ3n) is 6.49. The molecule has 9 heteroatoms. The molecule has 5 aromatic rings. The highest BCUT2D eigenvalue weighted by Gasteiger charge is 2.18. The van der Waals surface area contributed by atoms with Gasteiger partial charge in [-0.05, 0) is 55.1 Å². The van der Waals surface area contributed by atoms with E-state index in [1.54, 1.807) is 23.9 Å². The first-order valence-electron chi connectivity index (χ1n) is 13.4. The maximum atomic E-state index is 13.5. The van der Waals surface area contributed by atoms with Crippen LogP contribution >= 0.6 is 0 Å². The molecule has 0 aliphatic heterocycles. The van der Waals surface area contributed by atoms with Gasteiger partial charge >= 0.3 is 0 Å². The van der Waals surface area contributed by atoms with Gasteiger partial charge in [-0.2, -0.15) is 5.10 Å². The van der Waals surface area contributed by atoms with Gasteiger partial charge in [0.1, 0.15) is 11.4 Å². The first kappa shape index (κ1) is 29.4. The number of nitrogens with two attached hydrogens (primary N) is 2. The van der Waals surface area contributed by atoms with Crippen molar-refractivity contribution in [3.05, 3.63) is 124 Å². The molecule has 5 rings (SSSR count). The third-order valence-corrected chi connectivity index (χ3v) is 6.49. The molecule has 1 amide bonds. The molecule has 0 aliphatic carbocycles. The Kier molecular flexibility index (Phi) is 9.20. The number of aromatic nitrogens is 4. The summed E-state index contributed by atoms with van der Waals surface area (Å²) in [5.74, 6) is 6.36. The minimum Gasteiger partial charge on any atom is -0.381 e. The van der Waals surface area contributed by atoms with Crippen molar-refractivity contribution in [2.24, 2.45) is 12.8 Å². The number of nitrogen functional groups attached to an aromatic ring is 1. The van der Waals surface area contributed by atoms with E-state index < -0.39 is 5.91 Å². The van der Waals surface area contributed by atoms with Gasteiger partial charge in [0, 0.05) is 48.0 Å². The van der Waals surface area contributed by atoms with Crippen molar-refractivity contribution in [2.45, 2.75) is 20.3 Å². The van der Waals surface area contributed by atoms with Crippen molar-refractivity contribution in [2.75, 3.05) is 17.6 Å². The summed E-state index contributed by atoms with van der Waals surface area (Å²) in [6, 6.07) is 21.5. The molecular weight excluding hydrogens is 526 g/mol. The summed E-state index contributed by atoms with van der Waals surface area (Å²) in [6.45, 7) is 8.07. The van der Waals surface area contributed by atoms with Crippen LogP contribution in [0, 0.1) is 18.8 Å². The average molecular weight is 560 g/mol. The molecule has 3 aromatic heterocycles. The number of para-hydroxylation sites is 1. The van der Waals surface area contributed by atoms with E-state index in [2.05, 4.69) is 46.8 Å². The Bertz CT molecular complexity index is 1860. The maximum absolute atomic E-state index is 13.5. The van der Waals surface area contributed by atoms with E-state index in [1.165, 1.54) is 4.68 Å². The molecular formula is C33H33N7O2. The Hall–Kier alpha value is -5.62. The summed E-state index contributed by atoms with van der Waals surface area (Å²) >= 11 is 0. The predicted octanol–water partition coefficient (Wildman–Crippen LogP) is 4.36. The highest BCUT2D eigenvalue weighted by atomic mass is 16.1. The fourth-order valence-corrected chi connectivity index (χ4v) is 4.48. The van der Waals surface area contributed by atoms with Gasteiger partial charge < -0.3 is 16.8 Å². The molecule has 42 heavy (non-hydrogen) atoms. The average Bonchev–Trinajstić information content (AvgIpc) is 3.28. The lowest BCUT2D eigenvalue weighted by Gasteiger charge is -2.14. The van der Waals surface area contributed by atoms with E-state index >= 15 is 0 Å². The van der Waals surface area contributed by atoms with E-state index in [9.17, 15) is 9.59 Å². The number of nitrogens with zero attached hydrogens (tertiary/aromatic N) is 4. The molecule has 0 aliphatic rings. The summed E-state index contributed by atoms with van der Waals surface area (Å²) in [5, 5.41) is 8.39. The first-order chi connectivity index (χ1) is 20.2. The Morgan fingerprint density at radius 1 is 1.10 bits per heavy atom. The fourth-order valence-electron chi connectivity index (χ4n) is 4.48. The van der Waals surface area contributed by atoms with Crippen molar-refractivity contribution in [1.29, 1.82) is 0 Å². The number of fused-ring (bicyclic) bond motifs is 1. The maximum Gasteiger partial charge on any atom is 0.264 e. The van der Waals surface area contributed by atoms with Gasteiger partial charge in [0.15, 0.2) is 5.82 Å². The lowest BCUT2D eigenvalue weighted by atomic mass is 10.0. The number of primary amides is 1. The van der Waals surface area contributed by atoms with Gasteiger partial charge in [0.05, 0.1) is 5.39 Å². The number of amides is 1. The van der Waals surface area contributed by atoms with Crippen LogP contribution in [0.1, 0.15) is 39.8 Å². The Balaban J connectivity index is 0.000000244. The van der Waals surface area contributed by atoms with E-state index in [0.717, 1.165) is 40.0 Å². The summed E-state index contributed by atoms with van der Waals surface area (Å²) < 4.78 is 3.26. The van der Waals surface area contributed by atoms with Gasteiger partial charge in [0.2, 0.25) is 0 Å². The van der Waals surface area contributed by atoms with Gasteiger partial charge in [-0.25, -0.2) is 0 Å². The van der Waals surface area contributed by atoms with Crippen LogP contribution in [0.25, 0.3) is 16.5 Å². The molecule has 9 nitrogen and oxygen atoms in total. The number of hydrogen-bond donors (Lipinski definition) is 3. The monoisotopic (exact) mass is 559 g/mol. The SMILES string of the molecule is C=CCNc1c(C(N)=O)c(N)nn1C.CCc1cc2cccc(C#Cc3ccc(C)nc3)c2c(=O)n1-c1ccccc1. The fraction of sp³-hybridized carbons (Fsp3) is 0.152. The van der Waals surface area contributed by atoms with Gasteiger partial charge in [-0.1, -0.05) is 55.2 Å². The van der Waals surface area contributed by atoms with Crippen LogP contribution in [0.4, 0.5) is 11.6 Å². The molecule has 0 fully saturated rings. The number of carbonyl (C=O) groups is 1. The predicted molar refractivity (Wildman–Crippen MR) is 169 cm³/mol. The van der Waals surface area contributed by atoms with Crippen LogP contribution in [0.15, 0.2) is 90.4 Å². The molecule has 5 N–H and O–H groups in total. The molecule has 0 saturated carbocycles. The van der Waals surface area contributed by atoms with Crippen LogP contribution < -0.4 is 22.3 Å². The number of nitrogens with one attached hydrogen (secondary N) is 1. The van der Waals surface area contributed by atoms with Crippen LogP contribution in [0.5, 0.6) is 0 Å². The van der Waals surface area contributed by atoms with E-state index in [0.29, 0.717) is 17.7 Å². The Labute approximate surface area is 244 Å². The van der Waals surface area contributed by atoms with Crippen molar-refractivity contribution >= 4 is 28.3 Å². The van der Waals surface area contributed by atoms with Crippen LogP contribution in [0.2, 0.25) is 0 Å². The second-order valence-electron chi connectivity index (χ2n) is 9.44. The second kappa shape index (κ2) is 13.2. The topological polar surface area (TPSA) is 134 Å². The second-order valence-corrected chi connectivity index (χ2v) is 9.44. The van der Waals surface area contributed by atoms with Crippen molar-refractivity contribution in [3.63, 3.8) is 0 Å². The number of benzene rings is 2. The van der Waals surface area contributed by atoms with Crippen LogP contribution in [-0.4, -0.2) is 31.8 Å². The minimum atomic E-state index is -0.595. The van der Waals surface area contributed by atoms with Gasteiger partial charge in [0.25, 0.3) is 11.5 Å². The first-order valence-corrected chi connectivity index (χ1v) is 13.4. The lowest BCUT2D eigenvalue weighted by molar-refractivity contribution is 0.100. The molecule has 3 heterocycles. The van der Waals surface area contributed by atoms with Crippen molar-refractivity contribution in [3.8, 4) is 17.5 Å². The Morgan fingerprint density at radius 2 is 1.86 bits per heavy atom. The van der Waals surface area contributed by atoms with Gasteiger partial charge in [-0.3, -0.25) is 23.8 Å².